The Labute approximate surface area is 148 Å². The maximum absolute atomic E-state index is 5.39. The van der Waals surface area contributed by atoms with Crippen molar-refractivity contribution in [3.05, 3.63) is 17.5 Å². The van der Waals surface area contributed by atoms with Crippen molar-refractivity contribution in [2.75, 3.05) is 26.2 Å². The van der Waals surface area contributed by atoms with Gasteiger partial charge in [0.1, 0.15) is 0 Å². The van der Waals surface area contributed by atoms with E-state index in [0.717, 1.165) is 70.2 Å². The Morgan fingerprint density at radius 1 is 1.16 bits per heavy atom. The molecule has 25 heavy (non-hydrogen) atoms. The van der Waals surface area contributed by atoms with Gasteiger partial charge in [-0.05, 0) is 23.8 Å². The number of unbranched alkanes of at least 4 members (excludes halogenated alkanes) is 1. The molecule has 0 saturated carbocycles. The predicted molar refractivity (Wildman–Crippen MR) is 91.7 cm³/mol. The van der Waals surface area contributed by atoms with E-state index in [9.17, 15) is 0 Å². The van der Waals surface area contributed by atoms with Crippen molar-refractivity contribution >= 4 is 0 Å². The molecule has 1 aliphatic rings. The molecule has 3 heterocycles. The van der Waals surface area contributed by atoms with Crippen LogP contribution in [0.5, 0.6) is 0 Å². The van der Waals surface area contributed by atoms with E-state index in [0.29, 0.717) is 5.89 Å². The molecule has 9 heteroatoms. The average molecular weight is 348 g/mol. The molecule has 1 fully saturated rings. The van der Waals surface area contributed by atoms with Crippen molar-refractivity contribution < 1.29 is 4.52 Å². The molecule has 0 aromatic carbocycles. The Balaban J connectivity index is 1.51. The number of aromatic nitrogens is 6. The summed E-state index contributed by atoms with van der Waals surface area (Å²) in [7, 11) is 0. The summed E-state index contributed by atoms with van der Waals surface area (Å²) < 4.78 is 7.32. The summed E-state index contributed by atoms with van der Waals surface area (Å²) in [5.74, 6) is 2.45. The predicted octanol–water partition coefficient (Wildman–Crippen LogP) is 1.30. The highest BCUT2D eigenvalue weighted by Gasteiger charge is 2.26. The van der Waals surface area contributed by atoms with Crippen molar-refractivity contribution in [3.63, 3.8) is 0 Å². The molecule has 0 unspecified atom stereocenters. The first-order valence-electron chi connectivity index (χ1n) is 9.25. The average Bonchev–Trinajstić information content (AvgIpc) is 3.29. The SMILES string of the molecule is CCCCn1nnnc1CN1CCN([C@H](C)c2nc(CC)no2)CC1. The Hall–Kier alpha value is -1.87. The van der Waals surface area contributed by atoms with Gasteiger partial charge in [0.15, 0.2) is 11.6 Å². The first-order valence-corrected chi connectivity index (χ1v) is 9.25. The van der Waals surface area contributed by atoms with Crippen LogP contribution in [0.4, 0.5) is 0 Å². The lowest BCUT2D eigenvalue weighted by Gasteiger charge is -2.36. The molecule has 1 aliphatic heterocycles. The van der Waals surface area contributed by atoms with Crippen LogP contribution in [-0.2, 0) is 19.5 Å². The smallest absolute Gasteiger partial charge is 0.243 e. The Morgan fingerprint density at radius 2 is 1.96 bits per heavy atom. The molecular weight excluding hydrogens is 320 g/mol. The van der Waals surface area contributed by atoms with Gasteiger partial charge < -0.3 is 4.52 Å². The largest absolute Gasteiger partial charge is 0.338 e. The number of piperazine rings is 1. The maximum atomic E-state index is 5.39. The van der Waals surface area contributed by atoms with Gasteiger partial charge in [-0.2, -0.15) is 4.98 Å². The molecule has 138 valence electrons. The second kappa shape index (κ2) is 8.48. The van der Waals surface area contributed by atoms with Crippen LogP contribution in [-0.4, -0.2) is 66.3 Å². The number of rotatable bonds is 8. The van der Waals surface area contributed by atoms with Gasteiger partial charge in [-0.15, -0.1) is 5.10 Å². The van der Waals surface area contributed by atoms with Gasteiger partial charge >= 0.3 is 0 Å². The molecule has 0 aliphatic carbocycles. The Morgan fingerprint density at radius 3 is 2.64 bits per heavy atom. The van der Waals surface area contributed by atoms with Crippen LogP contribution in [0.3, 0.4) is 0 Å². The highest BCUT2D eigenvalue weighted by molar-refractivity contribution is 4.93. The van der Waals surface area contributed by atoms with Gasteiger partial charge in [-0.1, -0.05) is 25.4 Å². The molecule has 0 spiro atoms. The van der Waals surface area contributed by atoms with Crippen molar-refractivity contribution in [2.24, 2.45) is 0 Å². The molecule has 9 nitrogen and oxygen atoms in total. The highest BCUT2D eigenvalue weighted by Crippen LogP contribution is 2.20. The topological polar surface area (TPSA) is 89.0 Å². The minimum absolute atomic E-state index is 0.157. The summed E-state index contributed by atoms with van der Waals surface area (Å²) >= 11 is 0. The van der Waals surface area contributed by atoms with Crippen molar-refractivity contribution in [2.45, 2.75) is 59.2 Å². The third-order valence-electron chi connectivity index (χ3n) is 4.81. The third-order valence-corrected chi connectivity index (χ3v) is 4.81. The van der Waals surface area contributed by atoms with Crippen LogP contribution in [0.2, 0.25) is 0 Å². The first-order chi connectivity index (χ1) is 12.2. The molecule has 0 bridgehead atoms. The molecule has 0 N–H and O–H groups in total. The van der Waals surface area contributed by atoms with E-state index in [2.05, 4.69) is 49.3 Å². The zero-order valence-corrected chi connectivity index (χ0v) is 15.4. The van der Waals surface area contributed by atoms with Crippen molar-refractivity contribution in [3.8, 4) is 0 Å². The van der Waals surface area contributed by atoms with Crippen LogP contribution in [0.1, 0.15) is 57.2 Å². The van der Waals surface area contributed by atoms with E-state index >= 15 is 0 Å². The van der Waals surface area contributed by atoms with Crippen molar-refractivity contribution in [1.82, 2.24) is 40.1 Å². The van der Waals surface area contributed by atoms with Gasteiger partial charge in [-0.3, -0.25) is 9.80 Å². The van der Waals surface area contributed by atoms with Crippen LogP contribution in [0.15, 0.2) is 4.52 Å². The van der Waals surface area contributed by atoms with Crippen LogP contribution in [0.25, 0.3) is 0 Å². The minimum Gasteiger partial charge on any atom is -0.338 e. The molecule has 1 atom stereocenters. The molecular formula is C16H28N8O. The van der Waals surface area contributed by atoms with Crippen molar-refractivity contribution in [1.29, 1.82) is 0 Å². The molecule has 0 radical (unpaired) electrons. The maximum Gasteiger partial charge on any atom is 0.243 e. The normalized spacial score (nSPS) is 17.9. The lowest BCUT2D eigenvalue weighted by Crippen LogP contribution is -2.47. The van der Waals surface area contributed by atoms with Gasteiger partial charge in [0, 0.05) is 39.1 Å². The molecule has 2 aromatic rings. The first kappa shape index (κ1) is 17.9. The molecule has 1 saturated heterocycles. The van der Waals surface area contributed by atoms with E-state index in [-0.39, 0.29) is 6.04 Å². The number of aryl methyl sites for hydroxylation is 2. The number of tetrazole rings is 1. The minimum atomic E-state index is 0.157. The monoisotopic (exact) mass is 348 g/mol. The van der Waals surface area contributed by atoms with Gasteiger partial charge in [0.25, 0.3) is 0 Å². The third kappa shape index (κ3) is 4.40. The second-order valence-corrected chi connectivity index (χ2v) is 6.56. The van der Waals surface area contributed by atoms with E-state index < -0.39 is 0 Å². The summed E-state index contributed by atoms with van der Waals surface area (Å²) in [4.78, 5) is 9.26. The van der Waals surface area contributed by atoms with E-state index in [1.807, 2.05) is 11.6 Å². The number of nitrogens with zero attached hydrogens (tertiary/aromatic N) is 8. The van der Waals surface area contributed by atoms with Crippen LogP contribution < -0.4 is 0 Å². The van der Waals surface area contributed by atoms with Gasteiger partial charge in [-0.25, -0.2) is 4.68 Å². The summed E-state index contributed by atoms with van der Waals surface area (Å²) in [6.07, 6.45) is 3.05. The quantitative estimate of drug-likeness (QED) is 0.705. The number of hydrogen-bond donors (Lipinski definition) is 0. The second-order valence-electron chi connectivity index (χ2n) is 6.56. The van der Waals surface area contributed by atoms with E-state index in [1.165, 1.54) is 0 Å². The van der Waals surface area contributed by atoms with Crippen LogP contribution in [0, 0.1) is 0 Å². The van der Waals surface area contributed by atoms with E-state index in [4.69, 9.17) is 4.52 Å². The molecule has 3 rings (SSSR count). The number of hydrogen-bond acceptors (Lipinski definition) is 8. The fourth-order valence-electron chi connectivity index (χ4n) is 3.06. The lowest BCUT2D eigenvalue weighted by molar-refractivity contribution is 0.0822. The zero-order valence-electron chi connectivity index (χ0n) is 15.4. The standard InChI is InChI=1S/C16H28N8O/c1-4-6-7-24-15(18-20-21-24)12-22-8-10-23(11-9-22)13(3)16-17-14(5-2)19-25-16/h13H,4-12H2,1-3H3/t13-/m1/s1. The lowest BCUT2D eigenvalue weighted by atomic mass is 10.2. The summed E-state index contributed by atoms with van der Waals surface area (Å²) in [5.41, 5.74) is 0. The summed E-state index contributed by atoms with van der Waals surface area (Å²) in [5, 5.41) is 16.1. The fraction of sp³-hybridized carbons (Fsp3) is 0.812. The van der Waals surface area contributed by atoms with Crippen LogP contribution >= 0.6 is 0 Å². The van der Waals surface area contributed by atoms with Gasteiger partial charge in [0.05, 0.1) is 12.6 Å². The van der Waals surface area contributed by atoms with E-state index in [1.54, 1.807) is 0 Å². The summed E-state index contributed by atoms with van der Waals surface area (Å²) in [6, 6.07) is 0.157. The zero-order chi connectivity index (χ0) is 17.6. The molecule has 0 amide bonds. The fourth-order valence-corrected chi connectivity index (χ4v) is 3.06. The Kier molecular flexibility index (Phi) is 6.09. The van der Waals surface area contributed by atoms with Gasteiger partial charge in [0.2, 0.25) is 5.89 Å². The highest BCUT2D eigenvalue weighted by atomic mass is 16.5. The molecule has 2 aromatic heterocycles. The summed E-state index contributed by atoms with van der Waals surface area (Å²) in [6.45, 7) is 12.0. The Bertz CT molecular complexity index is 646.